The van der Waals surface area contributed by atoms with Gasteiger partial charge in [-0.3, -0.25) is 0 Å². The number of aromatic nitrogens is 2. The zero-order valence-corrected chi connectivity index (χ0v) is 13.0. The van der Waals surface area contributed by atoms with Crippen LogP contribution < -0.4 is 4.74 Å². The molecule has 20 heavy (non-hydrogen) atoms. The van der Waals surface area contributed by atoms with Gasteiger partial charge in [0.05, 0.1) is 11.0 Å². The maximum Gasteiger partial charge on any atom is 0.147 e. The van der Waals surface area contributed by atoms with Crippen LogP contribution in [0.3, 0.4) is 0 Å². The molecular formula is C16H15BrN2O. The van der Waals surface area contributed by atoms with Crippen molar-refractivity contribution >= 4 is 27.0 Å². The fourth-order valence-electron chi connectivity index (χ4n) is 2.12. The number of halogens is 1. The summed E-state index contributed by atoms with van der Waals surface area (Å²) >= 11 is 3.49. The Morgan fingerprint density at radius 3 is 2.65 bits per heavy atom. The predicted octanol–water partition coefficient (Wildman–Crippen LogP) is 4.22. The summed E-state index contributed by atoms with van der Waals surface area (Å²) in [4.78, 5) is 4.60. The molecule has 0 unspecified atom stereocenters. The fourth-order valence-corrected chi connectivity index (χ4v) is 2.47. The van der Waals surface area contributed by atoms with Gasteiger partial charge in [-0.05, 0) is 37.3 Å². The molecule has 102 valence electrons. The molecule has 3 nitrogen and oxygen atoms in total. The van der Waals surface area contributed by atoms with Crippen molar-refractivity contribution < 1.29 is 4.74 Å². The number of imidazole rings is 1. The van der Waals surface area contributed by atoms with Crippen molar-refractivity contribution in [2.45, 2.75) is 13.5 Å². The molecule has 4 heteroatoms. The molecule has 3 rings (SSSR count). The van der Waals surface area contributed by atoms with E-state index in [-0.39, 0.29) is 0 Å². The van der Waals surface area contributed by atoms with Gasteiger partial charge >= 0.3 is 0 Å². The summed E-state index contributed by atoms with van der Waals surface area (Å²) in [6, 6.07) is 14.1. The van der Waals surface area contributed by atoms with Crippen molar-refractivity contribution in [2.24, 2.45) is 7.05 Å². The largest absolute Gasteiger partial charge is 0.486 e. The summed E-state index contributed by atoms with van der Waals surface area (Å²) in [5.74, 6) is 1.78. The minimum Gasteiger partial charge on any atom is -0.486 e. The van der Waals surface area contributed by atoms with Crippen molar-refractivity contribution in [1.29, 1.82) is 0 Å². The first-order valence-corrected chi connectivity index (χ1v) is 7.23. The Morgan fingerprint density at radius 1 is 1.15 bits per heavy atom. The lowest BCUT2D eigenvalue weighted by atomic mass is 10.2. The number of hydrogen-bond acceptors (Lipinski definition) is 2. The molecule has 0 saturated heterocycles. The summed E-state index contributed by atoms with van der Waals surface area (Å²) in [6.45, 7) is 2.53. The van der Waals surface area contributed by atoms with Gasteiger partial charge in [0, 0.05) is 11.5 Å². The second-order valence-corrected chi connectivity index (χ2v) is 5.74. The Morgan fingerprint density at radius 2 is 1.90 bits per heavy atom. The fraction of sp³-hybridized carbons (Fsp3) is 0.188. The lowest BCUT2D eigenvalue weighted by Crippen LogP contribution is -2.03. The van der Waals surface area contributed by atoms with Gasteiger partial charge in [-0.15, -0.1) is 0 Å². The molecule has 0 radical (unpaired) electrons. The average molecular weight is 331 g/mol. The molecule has 0 fully saturated rings. The third kappa shape index (κ3) is 2.56. The monoisotopic (exact) mass is 330 g/mol. The van der Waals surface area contributed by atoms with Gasteiger partial charge < -0.3 is 9.30 Å². The van der Waals surface area contributed by atoms with Crippen LogP contribution in [-0.2, 0) is 13.7 Å². The van der Waals surface area contributed by atoms with E-state index in [9.17, 15) is 0 Å². The molecule has 0 aliphatic heterocycles. The number of nitrogens with zero attached hydrogens (tertiary/aromatic N) is 2. The van der Waals surface area contributed by atoms with E-state index >= 15 is 0 Å². The number of fused-ring (bicyclic) bond motifs is 1. The second-order valence-electron chi connectivity index (χ2n) is 4.82. The van der Waals surface area contributed by atoms with E-state index in [1.165, 1.54) is 5.56 Å². The Balaban J connectivity index is 1.84. The van der Waals surface area contributed by atoms with Gasteiger partial charge in [0.25, 0.3) is 0 Å². The molecule has 1 aromatic heterocycles. The Bertz CT molecular complexity index is 747. The summed E-state index contributed by atoms with van der Waals surface area (Å²) < 4.78 is 8.91. The molecule has 3 aromatic rings. The van der Waals surface area contributed by atoms with Crippen molar-refractivity contribution in [3.05, 3.63) is 58.3 Å². The smallest absolute Gasteiger partial charge is 0.147 e. The van der Waals surface area contributed by atoms with Gasteiger partial charge in [0.1, 0.15) is 18.2 Å². The molecule has 0 aliphatic rings. The van der Waals surface area contributed by atoms with E-state index in [2.05, 4.69) is 38.5 Å². The van der Waals surface area contributed by atoms with Crippen LogP contribution in [0.1, 0.15) is 11.4 Å². The Kier molecular flexibility index (Phi) is 3.49. The van der Waals surface area contributed by atoms with Crippen LogP contribution in [0.15, 0.2) is 46.9 Å². The zero-order chi connectivity index (χ0) is 14.1. The topological polar surface area (TPSA) is 27.1 Å². The molecular weight excluding hydrogens is 316 g/mol. The summed E-state index contributed by atoms with van der Waals surface area (Å²) in [6.07, 6.45) is 0. The SMILES string of the molecule is Cc1ccc(OCc2nc3ccc(Br)cc3n2C)cc1. The summed E-state index contributed by atoms with van der Waals surface area (Å²) in [7, 11) is 2.01. The van der Waals surface area contributed by atoms with Crippen LogP contribution in [-0.4, -0.2) is 9.55 Å². The molecule has 0 N–H and O–H groups in total. The Hall–Kier alpha value is -1.81. The highest BCUT2D eigenvalue weighted by Crippen LogP contribution is 2.21. The normalized spacial score (nSPS) is 10.9. The quantitative estimate of drug-likeness (QED) is 0.718. The Labute approximate surface area is 126 Å². The van der Waals surface area contributed by atoms with Crippen molar-refractivity contribution in [1.82, 2.24) is 9.55 Å². The predicted molar refractivity (Wildman–Crippen MR) is 83.9 cm³/mol. The highest BCUT2D eigenvalue weighted by molar-refractivity contribution is 9.10. The minimum atomic E-state index is 0.464. The molecule has 0 aliphatic carbocycles. The standard InChI is InChI=1S/C16H15BrN2O/c1-11-3-6-13(7-4-11)20-10-16-18-14-8-5-12(17)9-15(14)19(16)2/h3-9H,10H2,1-2H3. The average Bonchev–Trinajstić information content (AvgIpc) is 2.75. The van der Waals surface area contributed by atoms with Gasteiger partial charge in [-0.25, -0.2) is 4.98 Å². The molecule has 0 bridgehead atoms. The van der Waals surface area contributed by atoms with E-state index in [4.69, 9.17) is 4.74 Å². The molecule has 2 aromatic carbocycles. The third-order valence-corrected chi connectivity index (χ3v) is 3.82. The van der Waals surface area contributed by atoms with Crippen molar-refractivity contribution in [3.63, 3.8) is 0 Å². The molecule has 0 amide bonds. The minimum absolute atomic E-state index is 0.464. The van der Waals surface area contributed by atoms with Gasteiger partial charge in [0.15, 0.2) is 0 Å². The van der Waals surface area contributed by atoms with Gasteiger partial charge in [-0.2, -0.15) is 0 Å². The molecule has 1 heterocycles. The van der Waals surface area contributed by atoms with Crippen LogP contribution in [0, 0.1) is 6.92 Å². The van der Waals surface area contributed by atoms with Crippen molar-refractivity contribution in [3.8, 4) is 5.75 Å². The van der Waals surface area contributed by atoms with E-state index < -0.39 is 0 Å². The van der Waals surface area contributed by atoms with E-state index in [1.807, 2.05) is 43.4 Å². The molecule has 0 atom stereocenters. The zero-order valence-electron chi connectivity index (χ0n) is 11.4. The number of ether oxygens (including phenoxy) is 1. The van der Waals surface area contributed by atoms with Crippen LogP contribution >= 0.6 is 15.9 Å². The maximum absolute atomic E-state index is 5.79. The lowest BCUT2D eigenvalue weighted by molar-refractivity contribution is 0.292. The number of aryl methyl sites for hydroxylation is 2. The first kappa shape index (κ1) is 13.2. The van der Waals surface area contributed by atoms with Crippen LogP contribution in [0.5, 0.6) is 5.75 Å². The third-order valence-electron chi connectivity index (χ3n) is 3.32. The highest BCUT2D eigenvalue weighted by atomic mass is 79.9. The summed E-state index contributed by atoms with van der Waals surface area (Å²) in [5, 5.41) is 0. The number of benzene rings is 2. The lowest BCUT2D eigenvalue weighted by Gasteiger charge is -2.06. The van der Waals surface area contributed by atoms with Crippen LogP contribution in [0.25, 0.3) is 11.0 Å². The first-order chi connectivity index (χ1) is 9.63. The maximum atomic E-state index is 5.79. The van der Waals surface area contributed by atoms with E-state index in [0.29, 0.717) is 6.61 Å². The van der Waals surface area contributed by atoms with Gasteiger partial charge in [0.2, 0.25) is 0 Å². The van der Waals surface area contributed by atoms with Crippen LogP contribution in [0.4, 0.5) is 0 Å². The van der Waals surface area contributed by atoms with E-state index in [0.717, 1.165) is 27.1 Å². The highest BCUT2D eigenvalue weighted by Gasteiger charge is 2.08. The first-order valence-electron chi connectivity index (χ1n) is 6.44. The number of rotatable bonds is 3. The molecule has 0 saturated carbocycles. The van der Waals surface area contributed by atoms with Gasteiger partial charge in [-0.1, -0.05) is 33.6 Å². The second kappa shape index (κ2) is 5.29. The number of hydrogen-bond donors (Lipinski definition) is 0. The van der Waals surface area contributed by atoms with Crippen LogP contribution in [0.2, 0.25) is 0 Å². The van der Waals surface area contributed by atoms with E-state index in [1.54, 1.807) is 0 Å². The summed E-state index contributed by atoms with van der Waals surface area (Å²) in [5.41, 5.74) is 3.31. The molecule has 0 spiro atoms. The van der Waals surface area contributed by atoms with Crippen molar-refractivity contribution in [2.75, 3.05) is 0 Å².